The molecule has 2 N–H and O–H groups in total. The van der Waals surface area contributed by atoms with E-state index in [9.17, 15) is 9.59 Å². The summed E-state index contributed by atoms with van der Waals surface area (Å²) in [5.74, 6) is -0.398. The fraction of sp³-hybridized carbons (Fsp3) is 0.385. The summed E-state index contributed by atoms with van der Waals surface area (Å²) < 4.78 is 5.31. The zero-order valence-electron chi connectivity index (χ0n) is 11.0. The molecule has 0 unspecified atom stereocenters. The van der Waals surface area contributed by atoms with Crippen molar-refractivity contribution in [3.63, 3.8) is 0 Å². The van der Waals surface area contributed by atoms with E-state index in [1.165, 1.54) is 7.11 Å². The molecule has 1 amide bonds. The van der Waals surface area contributed by atoms with Crippen LogP contribution in [-0.2, 0) is 9.53 Å². The third kappa shape index (κ3) is 4.90. The Morgan fingerprint density at radius 2 is 2.05 bits per heavy atom. The number of amides is 1. The van der Waals surface area contributed by atoms with Crippen molar-refractivity contribution in [3.8, 4) is 0 Å². The van der Waals surface area contributed by atoms with Gasteiger partial charge in [-0.05, 0) is 24.6 Å². The molecular weight excluding hydrogens is 312 g/mol. The van der Waals surface area contributed by atoms with Gasteiger partial charge in [-0.1, -0.05) is 15.9 Å². The maximum atomic E-state index is 12.1. The van der Waals surface area contributed by atoms with Crippen molar-refractivity contribution in [3.05, 3.63) is 28.2 Å². The van der Waals surface area contributed by atoms with Crippen molar-refractivity contribution in [1.29, 1.82) is 0 Å². The summed E-state index contributed by atoms with van der Waals surface area (Å²) in [5, 5.41) is 0. The van der Waals surface area contributed by atoms with Crippen LogP contribution in [0.3, 0.4) is 0 Å². The molecule has 0 saturated carbocycles. The second kappa shape index (κ2) is 7.13. The number of ether oxygens (including phenoxy) is 1. The van der Waals surface area contributed by atoms with Crippen molar-refractivity contribution >= 4 is 33.5 Å². The van der Waals surface area contributed by atoms with E-state index in [1.807, 2.05) is 0 Å². The fourth-order valence-electron chi connectivity index (χ4n) is 1.62. The van der Waals surface area contributed by atoms with E-state index >= 15 is 0 Å². The van der Waals surface area contributed by atoms with Crippen molar-refractivity contribution in [2.24, 2.45) is 0 Å². The summed E-state index contributed by atoms with van der Waals surface area (Å²) in [4.78, 5) is 24.7. The molecule has 0 aromatic heterocycles. The topological polar surface area (TPSA) is 72.6 Å². The Balaban J connectivity index is 2.59. The number of carbonyl (C=O) groups is 2. The first-order valence-corrected chi connectivity index (χ1v) is 6.61. The van der Waals surface area contributed by atoms with Crippen molar-refractivity contribution in [2.75, 3.05) is 26.4 Å². The molecule has 0 atom stereocenters. The van der Waals surface area contributed by atoms with Crippen molar-refractivity contribution < 1.29 is 14.3 Å². The van der Waals surface area contributed by atoms with Crippen LogP contribution in [-0.4, -0.2) is 37.5 Å². The van der Waals surface area contributed by atoms with Gasteiger partial charge in [-0.15, -0.1) is 0 Å². The Morgan fingerprint density at radius 3 is 2.63 bits per heavy atom. The van der Waals surface area contributed by atoms with Gasteiger partial charge in [0, 0.05) is 35.7 Å². The van der Waals surface area contributed by atoms with Gasteiger partial charge < -0.3 is 15.4 Å². The highest BCUT2D eigenvalue weighted by molar-refractivity contribution is 9.10. The van der Waals surface area contributed by atoms with Gasteiger partial charge in [0.05, 0.1) is 7.11 Å². The van der Waals surface area contributed by atoms with Crippen LogP contribution in [0.25, 0.3) is 0 Å². The van der Waals surface area contributed by atoms with E-state index in [1.54, 1.807) is 30.1 Å². The predicted octanol–water partition coefficient (Wildman–Crippen LogP) is 2.06. The number of nitrogens with zero attached hydrogens (tertiary/aromatic N) is 1. The molecular formula is C13H17BrN2O3. The molecule has 0 aliphatic carbocycles. The van der Waals surface area contributed by atoms with Crippen LogP contribution in [0.2, 0.25) is 0 Å². The Morgan fingerprint density at radius 1 is 1.37 bits per heavy atom. The minimum atomic E-state index is -0.271. The normalized spacial score (nSPS) is 10.1. The molecule has 1 rings (SSSR count). The van der Waals surface area contributed by atoms with Crippen LogP contribution < -0.4 is 5.73 Å². The first kappa shape index (κ1) is 15.5. The molecule has 0 spiro atoms. The molecule has 0 radical (unpaired) electrons. The molecule has 0 bridgehead atoms. The fourth-order valence-corrected chi connectivity index (χ4v) is 2.13. The standard InChI is InChI=1S/C13H17BrN2O3/c1-16(5-3-4-12(17)19-2)13(18)9-6-10(14)8-11(15)7-9/h6-8H,3-5,15H2,1-2H3. The molecule has 0 heterocycles. The summed E-state index contributed by atoms with van der Waals surface area (Å²) in [5.41, 5.74) is 6.74. The number of anilines is 1. The molecule has 5 nitrogen and oxygen atoms in total. The summed E-state index contributed by atoms with van der Waals surface area (Å²) in [6, 6.07) is 5.08. The highest BCUT2D eigenvalue weighted by atomic mass is 79.9. The zero-order valence-corrected chi connectivity index (χ0v) is 12.6. The molecule has 1 aromatic rings. The van der Waals surface area contributed by atoms with E-state index in [-0.39, 0.29) is 11.9 Å². The Hall–Kier alpha value is -1.56. The van der Waals surface area contributed by atoms with E-state index in [0.29, 0.717) is 30.6 Å². The van der Waals surface area contributed by atoms with Crippen molar-refractivity contribution in [2.45, 2.75) is 12.8 Å². The average Bonchev–Trinajstić information content (AvgIpc) is 2.36. The van der Waals surface area contributed by atoms with Gasteiger partial charge in [0.1, 0.15) is 0 Å². The number of nitrogens with two attached hydrogens (primary N) is 1. The smallest absolute Gasteiger partial charge is 0.305 e. The van der Waals surface area contributed by atoms with Gasteiger partial charge >= 0.3 is 5.97 Å². The quantitative estimate of drug-likeness (QED) is 0.663. The largest absolute Gasteiger partial charge is 0.469 e. The summed E-state index contributed by atoms with van der Waals surface area (Å²) in [7, 11) is 3.04. The second-order valence-corrected chi connectivity index (χ2v) is 5.10. The molecule has 0 fully saturated rings. The number of rotatable bonds is 5. The number of esters is 1. The molecule has 0 aliphatic heterocycles. The predicted molar refractivity (Wildman–Crippen MR) is 76.8 cm³/mol. The lowest BCUT2D eigenvalue weighted by molar-refractivity contribution is -0.140. The monoisotopic (exact) mass is 328 g/mol. The zero-order chi connectivity index (χ0) is 14.4. The molecule has 1 aromatic carbocycles. The SMILES string of the molecule is COC(=O)CCCN(C)C(=O)c1cc(N)cc(Br)c1. The molecule has 6 heteroatoms. The number of benzene rings is 1. The first-order chi connectivity index (χ1) is 8.93. The first-order valence-electron chi connectivity index (χ1n) is 5.82. The Kier molecular flexibility index (Phi) is 5.82. The molecule has 19 heavy (non-hydrogen) atoms. The summed E-state index contributed by atoms with van der Waals surface area (Å²) >= 11 is 3.30. The molecule has 0 aliphatic rings. The van der Waals surface area contributed by atoms with Gasteiger partial charge in [-0.3, -0.25) is 9.59 Å². The van der Waals surface area contributed by atoms with Gasteiger partial charge in [0.15, 0.2) is 0 Å². The van der Waals surface area contributed by atoms with Gasteiger partial charge in [-0.2, -0.15) is 0 Å². The van der Waals surface area contributed by atoms with Crippen LogP contribution in [0.4, 0.5) is 5.69 Å². The van der Waals surface area contributed by atoms with E-state index in [0.717, 1.165) is 4.47 Å². The summed E-state index contributed by atoms with van der Waals surface area (Å²) in [6.45, 7) is 0.486. The van der Waals surface area contributed by atoms with E-state index < -0.39 is 0 Å². The minimum Gasteiger partial charge on any atom is -0.469 e. The van der Waals surface area contributed by atoms with Gasteiger partial charge in [0.2, 0.25) is 0 Å². The van der Waals surface area contributed by atoms with Crippen LogP contribution >= 0.6 is 15.9 Å². The third-order valence-corrected chi connectivity index (χ3v) is 3.07. The van der Waals surface area contributed by atoms with E-state index in [2.05, 4.69) is 20.7 Å². The number of hydrogen-bond donors (Lipinski definition) is 1. The molecule has 104 valence electrons. The van der Waals surface area contributed by atoms with Crippen molar-refractivity contribution in [1.82, 2.24) is 4.90 Å². The van der Waals surface area contributed by atoms with Crippen LogP contribution in [0.1, 0.15) is 23.2 Å². The van der Waals surface area contributed by atoms with E-state index in [4.69, 9.17) is 5.73 Å². The molecule has 0 saturated heterocycles. The number of hydrogen-bond acceptors (Lipinski definition) is 4. The maximum absolute atomic E-state index is 12.1. The van der Waals surface area contributed by atoms with Gasteiger partial charge in [0.25, 0.3) is 5.91 Å². The third-order valence-electron chi connectivity index (χ3n) is 2.62. The number of methoxy groups -OCH3 is 1. The van der Waals surface area contributed by atoms with Crippen LogP contribution in [0.5, 0.6) is 0 Å². The lowest BCUT2D eigenvalue weighted by atomic mass is 10.1. The lowest BCUT2D eigenvalue weighted by Crippen LogP contribution is -2.28. The number of halogens is 1. The minimum absolute atomic E-state index is 0.127. The second-order valence-electron chi connectivity index (χ2n) is 4.18. The number of nitrogen functional groups attached to an aromatic ring is 1. The summed E-state index contributed by atoms with van der Waals surface area (Å²) in [6.07, 6.45) is 0.868. The van der Waals surface area contributed by atoms with Crippen LogP contribution in [0.15, 0.2) is 22.7 Å². The maximum Gasteiger partial charge on any atom is 0.305 e. The Labute approximate surface area is 120 Å². The average molecular weight is 329 g/mol. The highest BCUT2D eigenvalue weighted by Crippen LogP contribution is 2.18. The highest BCUT2D eigenvalue weighted by Gasteiger charge is 2.13. The number of carbonyl (C=O) groups excluding carboxylic acids is 2. The Bertz CT molecular complexity index is 457. The van der Waals surface area contributed by atoms with Gasteiger partial charge in [-0.25, -0.2) is 0 Å². The van der Waals surface area contributed by atoms with Crippen LogP contribution in [0, 0.1) is 0 Å². The lowest BCUT2D eigenvalue weighted by Gasteiger charge is -2.17.